The summed E-state index contributed by atoms with van der Waals surface area (Å²) in [4.78, 5) is 25.4. The zero-order chi connectivity index (χ0) is 13.4. The van der Waals surface area contributed by atoms with E-state index < -0.39 is 11.9 Å². The Bertz CT molecular complexity index is 556. The van der Waals surface area contributed by atoms with Crippen LogP contribution in [0.4, 0.5) is 5.69 Å². The first-order valence-corrected chi connectivity index (χ1v) is 6.46. The number of hydrogen-bond acceptors (Lipinski definition) is 2. The molecule has 98 valence electrons. The van der Waals surface area contributed by atoms with Crippen LogP contribution in [0.5, 0.6) is 0 Å². The Balaban J connectivity index is 1.92. The molecule has 0 radical (unpaired) electrons. The summed E-state index contributed by atoms with van der Waals surface area (Å²) >= 11 is 0. The molecular formula is C15H15NO3. The average Bonchev–Trinajstić information content (AvgIpc) is 3.05. The fourth-order valence-electron chi connectivity index (χ4n) is 2.87. The predicted octanol–water partition coefficient (Wildman–Crippen LogP) is 2.17. The number of anilines is 1. The number of amides is 1. The van der Waals surface area contributed by atoms with Gasteiger partial charge in [-0.05, 0) is 24.5 Å². The van der Waals surface area contributed by atoms with E-state index in [4.69, 9.17) is 0 Å². The van der Waals surface area contributed by atoms with Gasteiger partial charge in [0.25, 0.3) is 0 Å². The smallest absolute Gasteiger partial charge is 0.312 e. The maximum absolute atomic E-state index is 12.5. The molecule has 3 rings (SSSR count). The summed E-state index contributed by atoms with van der Waals surface area (Å²) in [5.74, 6) is -1.45. The molecule has 1 heterocycles. The van der Waals surface area contributed by atoms with E-state index in [0.717, 1.165) is 24.1 Å². The molecule has 1 aliphatic heterocycles. The second-order valence-corrected chi connectivity index (χ2v) is 5.04. The minimum Gasteiger partial charge on any atom is -0.481 e. The van der Waals surface area contributed by atoms with Crippen molar-refractivity contribution >= 4 is 17.6 Å². The summed E-state index contributed by atoms with van der Waals surface area (Å²) in [5, 5.41) is 9.27. The fourth-order valence-corrected chi connectivity index (χ4v) is 2.87. The number of aliphatic carboxylic acids is 1. The Morgan fingerprint density at radius 3 is 2.53 bits per heavy atom. The summed E-state index contributed by atoms with van der Waals surface area (Å²) in [6.07, 6.45) is 5.54. The minimum atomic E-state index is -0.868. The van der Waals surface area contributed by atoms with Crippen LogP contribution in [0, 0.1) is 5.92 Å². The van der Waals surface area contributed by atoms with Gasteiger partial charge >= 0.3 is 5.97 Å². The maximum atomic E-state index is 12.5. The molecule has 1 atom stereocenters. The highest BCUT2D eigenvalue weighted by molar-refractivity contribution is 6.00. The highest BCUT2D eigenvalue weighted by Crippen LogP contribution is 2.38. The number of fused-ring (bicyclic) bond motifs is 1. The van der Waals surface area contributed by atoms with E-state index in [2.05, 4.69) is 0 Å². The molecule has 0 fully saturated rings. The Labute approximate surface area is 111 Å². The molecular weight excluding hydrogens is 242 g/mol. The van der Waals surface area contributed by atoms with Gasteiger partial charge in [-0.3, -0.25) is 9.59 Å². The molecule has 1 aromatic rings. The maximum Gasteiger partial charge on any atom is 0.312 e. The van der Waals surface area contributed by atoms with E-state index in [1.54, 1.807) is 11.0 Å². The standard InChI is InChI=1S/C15H15NO3/c17-14(10-5-1-2-6-10)16-9-12(15(18)19)11-7-3-4-8-13(11)16/h1-4,7-8,10,12H,5-6,9H2,(H,18,19). The molecule has 19 heavy (non-hydrogen) atoms. The van der Waals surface area contributed by atoms with E-state index in [1.807, 2.05) is 30.4 Å². The number of carbonyl (C=O) groups is 2. The third-order valence-corrected chi connectivity index (χ3v) is 3.89. The SMILES string of the molecule is O=C(O)C1CN(C(=O)C2CC=CC2)c2ccccc21. The number of hydrogen-bond donors (Lipinski definition) is 1. The molecule has 1 aliphatic carbocycles. The lowest BCUT2D eigenvalue weighted by atomic mass is 10.0. The summed E-state index contributed by atoms with van der Waals surface area (Å²) in [7, 11) is 0. The first-order chi connectivity index (χ1) is 9.18. The number of benzene rings is 1. The van der Waals surface area contributed by atoms with Gasteiger partial charge < -0.3 is 10.0 Å². The molecule has 1 amide bonds. The summed E-state index contributed by atoms with van der Waals surface area (Å²) in [5.41, 5.74) is 1.50. The van der Waals surface area contributed by atoms with Gasteiger partial charge in [0, 0.05) is 18.2 Å². The lowest BCUT2D eigenvalue weighted by molar-refractivity contribution is -0.138. The normalized spacial score (nSPS) is 21.7. The van der Waals surface area contributed by atoms with Crippen molar-refractivity contribution in [2.75, 3.05) is 11.4 Å². The van der Waals surface area contributed by atoms with Crippen LogP contribution in [0.3, 0.4) is 0 Å². The summed E-state index contributed by atoms with van der Waals surface area (Å²) in [6, 6.07) is 7.29. The van der Waals surface area contributed by atoms with Crippen LogP contribution in [0.25, 0.3) is 0 Å². The van der Waals surface area contributed by atoms with Gasteiger partial charge in [0.05, 0.1) is 0 Å². The van der Waals surface area contributed by atoms with Crippen LogP contribution in [-0.4, -0.2) is 23.5 Å². The summed E-state index contributed by atoms with van der Waals surface area (Å²) in [6.45, 7) is 0.254. The zero-order valence-corrected chi connectivity index (χ0v) is 10.5. The number of allylic oxidation sites excluding steroid dienone is 2. The first kappa shape index (κ1) is 12.0. The highest BCUT2D eigenvalue weighted by Gasteiger charge is 2.38. The van der Waals surface area contributed by atoms with Crippen molar-refractivity contribution in [2.24, 2.45) is 5.92 Å². The van der Waals surface area contributed by atoms with E-state index >= 15 is 0 Å². The minimum absolute atomic E-state index is 0.0272. The van der Waals surface area contributed by atoms with Crippen LogP contribution in [0.2, 0.25) is 0 Å². The second kappa shape index (κ2) is 4.53. The van der Waals surface area contributed by atoms with Crippen LogP contribution < -0.4 is 4.90 Å². The molecule has 4 nitrogen and oxygen atoms in total. The average molecular weight is 257 g/mol. The molecule has 1 N–H and O–H groups in total. The fraction of sp³-hybridized carbons (Fsp3) is 0.333. The van der Waals surface area contributed by atoms with Crippen molar-refractivity contribution in [3.8, 4) is 0 Å². The van der Waals surface area contributed by atoms with Crippen LogP contribution in [0.15, 0.2) is 36.4 Å². The van der Waals surface area contributed by atoms with E-state index in [0.29, 0.717) is 0 Å². The highest BCUT2D eigenvalue weighted by atomic mass is 16.4. The van der Waals surface area contributed by atoms with Crippen LogP contribution in [-0.2, 0) is 9.59 Å². The molecule has 1 unspecified atom stereocenters. The van der Waals surface area contributed by atoms with Gasteiger partial charge in [0.2, 0.25) is 5.91 Å². The van der Waals surface area contributed by atoms with Gasteiger partial charge in [0.15, 0.2) is 0 Å². The van der Waals surface area contributed by atoms with E-state index in [-0.39, 0.29) is 18.4 Å². The largest absolute Gasteiger partial charge is 0.481 e. The van der Waals surface area contributed by atoms with Crippen LogP contribution in [0.1, 0.15) is 24.3 Å². The topological polar surface area (TPSA) is 57.6 Å². The van der Waals surface area contributed by atoms with Gasteiger partial charge in [-0.25, -0.2) is 0 Å². The lowest BCUT2D eigenvalue weighted by Gasteiger charge is -2.21. The molecule has 0 aromatic heterocycles. The second-order valence-electron chi connectivity index (χ2n) is 5.04. The van der Waals surface area contributed by atoms with E-state index in [9.17, 15) is 14.7 Å². The van der Waals surface area contributed by atoms with Crippen LogP contribution >= 0.6 is 0 Å². The Morgan fingerprint density at radius 1 is 1.16 bits per heavy atom. The molecule has 0 bridgehead atoms. The van der Waals surface area contributed by atoms with Gasteiger partial charge in [-0.2, -0.15) is 0 Å². The molecule has 4 heteroatoms. The Kier molecular flexibility index (Phi) is 2.85. The van der Waals surface area contributed by atoms with Crippen molar-refractivity contribution in [1.82, 2.24) is 0 Å². The quantitative estimate of drug-likeness (QED) is 0.826. The predicted molar refractivity (Wildman–Crippen MR) is 71.0 cm³/mol. The van der Waals surface area contributed by atoms with Crippen molar-refractivity contribution in [3.05, 3.63) is 42.0 Å². The van der Waals surface area contributed by atoms with Crippen molar-refractivity contribution in [3.63, 3.8) is 0 Å². The summed E-state index contributed by atoms with van der Waals surface area (Å²) < 4.78 is 0. The number of nitrogens with zero attached hydrogens (tertiary/aromatic N) is 1. The third kappa shape index (κ3) is 1.93. The molecule has 0 saturated carbocycles. The third-order valence-electron chi connectivity index (χ3n) is 3.89. The number of carboxylic acid groups (broad SMARTS) is 1. The molecule has 1 aromatic carbocycles. The molecule has 0 saturated heterocycles. The van der Waals surface area contributed by atoms with Gasteiger partial charge in [-0.1, -0.05) is 30.4 Å². The number of carboxylic acids is 1. The van der Waals surface area contributed by atoms with Crippen molar-refractivity contribution in [2.45, 2.75) is 18.8 Å². The van der Waals surface area contributed by atoms with Gasteiger partial charge in [-0.15, -0.1) is 0 Å². The zero-order valence-electron chi connectivity index (χ0n) is 10.5. The van der Waals surface area contributed by atoms with Gasteiger partial charge in [0.1, 0.15) is 5.92 Å². The number of carbonyl (C=O) groups excluding carboxylic acids is 1. The molecule has 2 aliphatic rings. The van der Waals surface area contributed by atoms with Crippen molar-refractivity contribution in [1.29, 1.82) is 0 Å². The lowest BCUT2D eigenvalue weighted by Crippen LogP contribution is -2.35. The Morgan fingerprint density at radius 2 is 1.84 bits per heavy atom. The van der Waals surface area contributed by atoms with E-state index in [1.165, 1.54) is 0 Å². The number of rotatable bonds is 2. The first-order valence-electron chi connectivity index (χ1n) is 6.46. The van der Waals surface area contributed by atoms with Crippen molar-refractivity contribution < 1.29 is 14.7 Å². The Hall–Kier alpha value is -2.10. The molecule has 0 spiro atoms. The number of para-hydroxylation sites is 1. The monoisotopic (exact) mass is 257 g/mol.